The fraction of sp³-hybridized carbons (Fsp3) is 0.667. The van der Waals surface area contributed by atoms with Crippen LogP contribution in [0, 0.1) is 5.92 Å². The smallest absolute Gasteiger partial charge is 0.225 e. The molecule has 2 amide bonds. The van der Waals surface area contributed by atoms with Gasteiger partial charge in [0.1, 0.15) is 5.75 Å². The number of carbonyl (C=O) groups excluding carboxylic acids is 2. The van der Waals surface area contributed by atoms with Gasteiger partial charge in [-0.15, -0.1) is 0 Å². The lowest BCUT2D eigenvalue weighted by molar-refractivity contribution is -0.143. The van der Waals surface area contributed by atoms with E-state index in [0.717, 1.165) is 37.2 Å². The molecule has 1 heterocycles. The summed E-state index contributed by atoms with van der Waals surface area (Å²) >= 11 is 0. The number of rotatable bonds is 11. The predicted molar refractivity (Wildman–Crippen MR) is 120 cm³/mol. The van der Waals surface area contributed by atoms with Crippen molar-refractivity contribution >= 4 is 11.8 Å². The summed E-state index contributed by atoms with van der Waals surface area (Å²) in [4.78, 5) is 30.3. The number of methoxy groups -OCH3 is 1. The topological polar surface area (TPSA) is 61.9 Å². The van der Waals surface area contributed by atoms with Crippen molar-refractivity contribution in [2.24, 2.45) is 5.92 Å². The van der Waals surface area contributed by atoms with Gasteiger partial charge < -0.3 is 15.0 Å². The van der Waals surface area contributed by atoms with Crippen LogP contribution in [0.25, 0.3) is 0 Å². The number of para-hydroxylation sites is 1. The van der Waals surface area contributed by atoms with Crippen molar-refractivity contribution in [3.05, 3.63) is 29.8 Å². The second kappa shape index (κ2) is 11.9. The van der Waals surface area contributed by atoms with Crippen LogP contribution in [0.4, 0.5) is 0 Å². The number of piperidine rings is 1. The molecule has 1 fully saturated rings. The molecule has 0 bridgehead atoms. The molecule has 2 unspecified atom stereocenters. The molecule has 0 saturated carbocycles. The van der Waals surface area contributed by atoms with E-state index >= 15 is 0 Å². The lowest BCUT2D eigenvalue weighted by atomic mass is 9.83. The van der Waals surface area contributed by atoms with Crippen molar-refractivity contribution in [3.63, 3.8) is 0 Å². The van der Waals surface area contributed by atoms with E-state index in [0.29, 0.717) is 32.0 Å². The number of nitrogens with one attached hydrogen (secondary N) is 1. The van der Waals surface area contributed by atoms with Gasteiger partial charge in [-0.25, -0.2) is 0 Å². The third-order valence-corrected chi connectivity index (χ3v) is 6.09. The van der Waals surface area contributed by atoms with E-state index in [1.807, 2.05) is 29.2 Å². The van der Waals surface area contributed by atoms with Gasteiger partial charge in [-0.05, 0) is 39.3 Å². The molecule has 168 valence electrons. The minimum Gasteiger partial charge on any atom is -0.496 e. The Balaban J connectivity index is 2.24. The number of benzene rings is 1. The Morgan fingerprint density at radius 1 is 1.30 bits per heavy atom. The maximum absolute atomic E-state index is 13.2. The molecule has 0 aliphatic carbocycles. The van der Waals surface area contributed by atoms with E-state index < -0.39 is 0 Å². The van der Waals surface area contributed by atoms with Gasteiger partial charge in [0, 0.05) is 37.7 Å². The standard InChI is InChI=1S/C24H39N3O3/c1-6-8-16-27-22(28)14-13-20(23(27)19-11-9-10-12-21(19)30-5)24(29)25-15-17-26(7-2)18(3)4/h9-12,18,20,23H,6-8,13-17H2,1-5H3,(H,25,29). The fourth-order valence-corrected chi connectivity index (χ4v) is 4.35. The number of amides is 2. The first-order chi connectivity index (χ1) is 14.4. The maximum Gasteiger partial charge on any atom is 0.225 e. The van der Waals surface area contributed by atoms with Crippen LogP contribution in [0.5, 0.6) is 5.75 Å². The quantitative estimate of drug-likeness (QED) is 0.597. The SMILES string of the molecule is CCCCN1C(=O)CCC(C(=O)NCCN(CC)C(C)C)C1c1ccccc1OC. The Hall–Kier alpha value is -2.08. The first-order valence-corrected chi connectivity index (χ1v) is 11.4. The average Bonchev–Trinajstić information content (AvgIpc) is 2.75. The van der Waals surface area contributed by atoms with Gasteiger partial charge in [-0.3, -0.25) is 14.5 Å². The molecular formula is C24H39N3O3. The van der Waals surface area contributed by atoms with Crippen molar-refractivity contribution in [1.29, 1.82) is 0 Å². The normalized spacial score (nSPS) is 19.4. The third-order valence-electron chi connectivity index (χ3n) is 6.09. The molecule has 1 aliphatic rings. The van der Waals surface area contributed by atoms with Crippen LogP contribution in [-0.4, -0.2) is 60.9 Å². The summed E-state index contributed by atoms with van der Waals surface area (Å²) in [5.41, 5.74) is 0.918. The first kappa shape index (κ1) is 24.2. The highest BCUT2D eigenvalue weighted by Gasteiger charge is 2.41. The molecular weight excluding hydrogens is 378 g/mol. The van der Waals surface area contributed by atoms with Crippen LogP contribution in [0.15, 0.2) is 24.3 Å². The molecule has 0 radical (unpaired) electrons. The molecule has 2 atom stereocenters. The van der Waals surface area contributed by atoms with E-state index in [2.05, 4.69) is 37.9 Å². The number of ether oxygens (including phenoxy) is 1. The maximum atomic E-state index is 13.2. The summed E-state index contributed by atoms with van der Waals surface area (Å²) in [5, 5.41) is 3.14. The highest BCUT2D eigenvalue weighted by molar-refractivity contribution is 5.85. The zero-order valence-corrected chi connectivity index (χ0v) is 19.3. The van der Waals surface area contributed by atoms with Gasteiger partial charge in [0.2, 0.25) is 11.8 Å². The number of nitrogens with zero attached hydrogens (tertiary/aromatic N) is 2. The van der Waals surface area contributed by atoms with Crippen LogP contribution in [0.1, 0.15) is 65.0 Å². The predicted octanol–water partition coefficient (Wildman–Crippen LogP) is 3.62. The molecule has 1 aromatic carbocycles. The summed E-state index contributed by atoms with van der Waals surface area (Å²) in [6.07, 6.45) is 2.91. The fourth-order valence-electron chi connectivity index (χ4n) is 4.35. The Labute approximate surface area is 182 Å². The van der Waals surface area contributed by atoms with Gasteiger partial charge in [0.05, 0.1) is 19.1 Å². The second-order valence-corrected chi connectivity index (χ2v) is 8.29. The van der Waals surface area contributed by atoms with Gasteiger partial charge >= 0.3 is 0 Å². The molecule has 6 nitrogen and oxygen atoms in total. The molecule has 1 aliphatic heterocycles. The molecule has 2 rings (SSSR count). The van der Waals surface area contributed by atoms with Crippen LogP contribution in [-0.2, 0) is 9.59 Å². The van der Waals surface area contributed by atoms with Crippen molar-refractivity contribution in [3.8, 4) is 5.75 Å². The number of hydrogen-bond acceptors (Lipinski definition) is 4. The molecule has 30 heavy (non-hydrogen) atoms. The average molecular weight is 418 g/mol. The first-order valence-electron chi connectivity index (χ1n) is 11.4. The van der Waals surface area contributed by atoms with Crippen LogP contribution in [0.2, 0.25) is 0 Å². The Kier molecular flexibility index (Phi) is 9.63. The molecule has 1 N–H and O–H groups in total. The van der Waals surface area contributed by atoms with Crippen molar-refractivity contribution in [1.82, 2.24) is 15.1 Å². The van der Waals surface area contributed by atoms with Gasteiger partial charge in [0.15, 0.2) is 0 Å². The van der Waals surface area contributed by atoms with E-state index in [9.17, 15) is 9.59 Å². The van der Waals surface area contributed by atoms with Crippen LogP contribution < -0.4 is 10.1 Å². The third kappa shape index (κ3) is 5.97. The van der Waals surface area contributed by atoms with Gasteiger partial charge in [0.25, 0.3) is 0 Å². The lowest BCUT2D eigenvalue weighted by Crippen LogP contribution is -2.49. The number of likely N-dealkylation sites (N-methyl/N-ethyl adjacent to an activating group) is 1. The van der Waals surface area contributed by atoms with E-state index in [4.69, 9.17) is 4.74 Å². The molecule has 0 spiro atoms. The Morgan fingerprint density at radius 3 is 2.67 bits per heavy atom. The Morgan fingerprint density at radius 2 is 2.03 bits per heavy atom. The lowest BCUT2D eigenvalue weighted by Gasteiger charge is -2.41. The number of carbonyl (C=O) groups is 2. The summed E-state index contributed by atoms with van der Waals surface area (Å²) in [6.45, 7) is 11.7. The zero-order chi connectivity index (χ0) is 22.1. The molecule has 1 aromatic rings. The number of hydrogen-bond donors (Lipinski definition) is 1. The molecule has 1 saturated heterocycles. The summed E-state index contributed by atoms with van der Waals surface area (Å²) in [7, 11) is 1.64. The Bertz CT molecular complexity index is 692. The zero-order valence-electron chi connectivity index (χ0n) is 19.3. The van der Waals surface area contributed by atoms with Crippen LogP contribution in [0.3, 0.4) is 0 Å². The summed E-state index contributed by atoms with van der Waals surface area (Å²) in [5.74, 6) is 0.610. The number of unbranched alkanes of at least 4 members (excludes halogenated alkanes) is 1. The summed E-state index contributed by atoms with van der Waals surface area (Å²) in [6, 6.07) is 7.92. The van der Waals surface area contributed by atoms with Gasteiger partial charge in [-0.2, -0.15) is 0 Å². The van der Waals surface area contributed by atoms with Crippen molar-refractivity contribution < 1.29 is 14.3 Å². The van der Waals surface area contributed by atoms with E-state index in [1.54, 1.807) is 7.11 Å². The highest BCUT2D eigenvalue weighted by atomic mass is 16.5. The van der Waals surface area contributed by atoms with Gasteiger partial charge in [-0.1, -0.05) is 38.5 Å². The van der Waals surface area contributed by atoms with Crippen molar-refractivity contribution in [2.75, 3.05) is 33.3 Å². The monoisotopic (exact) mass is 417 g/mol. The molecule has 6 heteroatoms. The van der Waals surface area contributed by atoms with E-state index in [1.165, 1.54) is 0 Å². The number of likely N-dealkylation sites (tertiary alicyclic amines) is 1. The highest BCUT2D eigenvalue weighted by Crippen LogP contribution is 2.40. The largest absolute Gasteiger partial charge is 0.496 e. The minimum atomic E-state index is -0.290. The van der Waals surface area contributed by atoms with Crippen LogP contribution >= 0.6 is 0 Å². The minimum absolute atomic E-state index is 0.0275. The summed E-state index contributed by atoms with van der Waals surface area (Å²) < 4.78 is 5.59. The van der Waals surface area contributed by atoms with E-state index in [-0.39, 0.29) is 23.8 Å². The molecule has 0 aromatic heterocycles. The second-order valence-electron chi connectivity index (χ2n) is 8.29. The van der Waals surface area contributed by atoms with Crippen molar-refractivity contribution in [2.45, 2.75) is 65.5 Å².